The van der Waals surface area contributed by atoms with Gasteiger partial charge in [0.15, 0.2) is 0 Å². The van der Waals surface area contributed by atoms with Crippen molar-refractivity contribution in [3.8, 4) is 0 Å². The van der Waals surface area contributed by atoms with E-state index in [0.717, 1.165) is 30.0 Å². The summed E-state index contributed by atoms with van der Waals surface area (Å²) in [6, 6.07) is 6.81. The molecule has 2 aliphatic carbocycles. The molecule has 5 heteroatoms. The van der Waals surface area contributed by atoms with Crippen molar-refractivity contribution in [1.29, 1.82) is 0 Å². The third-order valence-corrected chi connectivity index (χ3v) is 6.76. The Kier molecular flexibility index (Phi) is 3.59. The number of sulfonamides is 1. The summed E-state index contributed by atoms with van der Waals surface area (Å²) in [6.45, 7) is 8.67. The monoisotopic (exact) mass is 320 g/mol. The molecule has 22 heavy (non-hydrogen) atoms. The predicted molar refractivity (Wildman–Crippen MR) is 88.1 cm³/mol. The molecule has 2 aliphatic rings. The van der Waals surface area contributed by atoms with Gasteiger partial charge in [0.2, 0.25) is 0 Å². The van der Waals surface area contributed by atoms with Crippen LogP contribution in [-0.4, -0.2) is 14.1 Å². The van der Waals surface area contributed by atoms with Gasteiger partial charge in [-0.3, -0.25) is 0 Å². The van der Waals surface area contributed by atoms with Crippen LogP contribution in [0.3, 0.4) is 0 Å². The van der Waals surface area contributed by atoms with Gasteiger partial charge in [0.1, 0.15) is 0 Å². The molecule has 2 saturated carbocycles. The zero-order valence-corrected chi connectivity index (χ0v) is 14.4. The standard InChI is InChI=1S/C17H24N2O2S/c1-11-5-7-13(8-6-11)22(20,21)19-18-16-10-15-14(9-12(16)2)17(15,3)4/h5-8,12,14-15,19H,9-10H2,1-4H3. The van der Waals surface area contributed by atoms with E-state index in [1.165, 1.54) is 0 Å². The van der Waals surface area contributed by atoms with Crippen molar-refractivity contribution in [2.24, 2.45) is 28.3 Å². The number of aryl methyl sites for hydroxylation is 1. The van der Waals surface area contributed by atoms with Gasteiger partial charge < -0.3 is 0 Å². The van der Waals surface area contributed by atoms with Crippen LogP contribution in [0.5, 0.6) is 0 Å². The topological polar surface area (TPSA) is 58.5 Å². The zero-order valence-electron chi connectivity index (χ0n) is 13.6. The fourth-order valence-corrected chi connectivity index (χ4v) is 4.56. The summed E-state index contributed by atoms with van der Waals surface area (Å²) in [6.07, 6.45) is 2.03. The van der Waals surface area contributed by atoms with E-state index >= 15 is 0 Å². The SMILES string of the molecule is Cc1ccc(S(=O)(=O)NN=C2CC3C(CC2C)C3(C)C)cc1. The van der Waals surface area contributed by atoms with E-state index < -0.39 is 10.0 Å². The van der Waals surface area contributed by atoms with Gasteiger partial charge in [-0.25, -0.2) is 4.83 Å². The lowest BCUT2D eigenvalue weighted by atomic mass is 9.89. The smallest absolute Gasteiger partial charge is 0.200 e. The minimum atomic E-state index is -3.57. The number of fused-ring (bicyclic) bond motifs is 1. The minimum absolute atomic E-state index is 0.260. The molecule has 0 amide bonds. The summed E-state index contributed by atoms with van der Waals surface area (Å²) in [7, 11) is -3.57. The Balaban J connectivity index is 1.74. The molecule has 0 radical (unpaired) electrons. The van der Waals surface area contributed by atoms with Crippen LogP contribution in [0, 0.1) is 30.1 Å². The van der Waals surface area contributed by atoms with Gasteiger partial charge in [-0.15, -0.1) is 0 Å². The van der Waals surface area contributed by atoms with Gasteiger partial charge >= 0.3 is 0 Å². The largest absolute Gasteiger partial charge is 0.276 e. The highest BCUT2D eigenvalue weighted by atomic mass is 32.2. The van der Waals surface area contributed by atoms with E-state index in [2.05, 4.69) is 30.7 Å². The number of hydrogen-bond donors (Lipinski definition) is 1. The first-order valence-electron chi connectivity index (χ1n) is 7.87. The van der Waals surface area contributed by atoms with E-state index in [9.17, 15) is 8.42 Å². The normalized spacial score (nSPS) is 31.6. The second-order valence-electron chi connectivity index (χ2n) is 7.39. The van der Waals surface area contributed by atoms with E-state index in [0.29, 0.717) is 17.3 Å². The molecule has 3 unspecified atom stereocenters. The summed E-state index contributed by atoms with van der Waals surface area (Å²) in [5.74, 6) is 1.78. The van der Waals surface area contributed by atoms with Gasteiger partial charge in [0, 0.05) is 5.71 Å². The highest BCUT2D eigenvalue weighted by Gasteiger charge is 2.60. The molecule has 0 spiro atoms. The molecule has 0 heterocycles. The van der Waals surface area contributed by atoms with Crippen molar-refractivity contribution >= 4 is 15.7 Å². The molecule has 1 N–H and O–H groups in total. The maximum Gasteiger partial charge on any atom is 0.276 e. The lowest BCUT2D eigenvalue weighted by Crippen LogP contribution is -2.25. The molecule has 0 aliphatic heterocycles. The third kappa shape index (κ3) is 2.67. The number of rotatable bonds is 3. The molecule has 0 saturated heterocycles. The highest BCUT2D eigenvalue weighted by Crippen LogP contribution is 2.65. The molecule has 1 aromatic carbocycles. The van der Waals surface area contributed by atoms with Crippen molar-refractivity contribution in [3.63, 3.8) is 0 Å². The minimum Gasteiger partial charge on any atom is -0.200 e. The van der Waals surface area contributed by atoms with Crippen molar-refractivity contribution < 1.29 is 8.42 Å². The summed E-state index contributed by atoms with van der Waals surface area (Å²) in [4.78, 5) is 2.68. The lowest BCUT2D eigenvalue weighted by Gasteiger charge is -2.19. The summed E-state index contributed by atoms with van der Waals surface area (Å²) >= 11 is 0. The number of hydrazone groups is 1. The van der Waals surface area contributed by atoms with Crippen LogP contribution in [-0.2, 0) is 10.0 Å². The summed E-state index contributed by atoms with van der Waals surface area (Å²) in [5.41, 5.74) is 2.41. The quantitative estimate of drug-likeness (QED) is 0.868. The Morgan fingerprint density at radius 1 is 1.18 bits per heavy atom. The van der Waals surface area contributed by atoms with E-state index in [1.807, 2.05) is 6.92 Å². The number of nitrogens with zero attached hydrogens (tertiary/aromatic N) is 1. The van der Waals surface area contributed by atoms with Crippen LogP contribution in [0.2, 0.25) is 0 Å². The molecule has 4 nitrogen and oxygen atoms in total. The number of benzene rings is 1. The molecule has 120 valence electrons. The fraction of sp³-hybridized carbons (Fsp3) is 0.588. The van der Waals surface area contributed by atoms with Gasteiger partial charge in [0.05, 0.1) is 4.90 Å². The summed E-state index contributed by atoms with van der Waals surface area (Å²) < 4.78 is 24.6. The Morgan fingerprint density at radius 3 is 2.45 bits per heavy atom. The van der Waals surface area contributed by atoms with Crippen molar-refractivity contribution in [2.75, 3.05) is 0 Å². The molecule has 3 atom stereocenters. The molecule has 3 rings (SSSR count). The van der Waals surface area contributed by atoms with Crippen LogP contribution in [0.25, 0.3) is 0 Å². The molecular weight excluding hydrogens is 296 g/mol. The Bertz CT molecular complexity index is 705. The second kappa shape index (κ2) is 5.08. The first-order chi connectivity index (χ1) is 10.2. The van der Waals surface area contributed by atoms with E-state index in [1.54, 1.807) is 24.3 Å². The van der Waals surface area contributed by atoms with Gasteiger partial charge in [-0.05, 0) is 55.1 Å². The molecule has 0 bridgehead atoms. The van der Waals surface area contributed by atoms with Crippen LogP contribution in [0.15, 0.2) is 34.3 Å². The Morgan fingerprint density at radius 2 is 1.82 bits per heavy atom. The maximum atomic E-state index is 12.3. The average molecular weight is 320 g/mol. The lowest BCUT2D eigenvalue weighted by molar-refractivity contribution is 0.495. The third-order valence-electron chi connectivity index (χ3n) is 5.53. The van der Waals surface area contributed by atoms with Crippen LogP contribution < -0.4 is 4.83 Å². The molecule has 0 aromatic heterocycles. The molecule has 2 fully saturated rings. The maximum absolute atomic E-state index is 12.3. The predicted octanol–water partition coefficient (Wildman–Crippen LogP) is 3.33. The zero-order chi connectivity index (χ0) is 16.1. The highest BCUT2D eigenvalue weighted by molar-refractivity contribution is 7.89. The molecule has 1 aromatic rings. The molecular formula is C17H24N2O2S. The number of nitrogens with one attached hydrogen (secondary N) is 1. The van der Waals surface area contributed by atoms with Crippen LogP contribution in [0.4, 0.5) is 0 Å². The van der Waals surface area contributed by atoms with Crippen LogP contribution in [0.1, 0.15) is 39.2 Å². The Labute approximate surface area is 133 Å². The van der Waals surface area contributed by atoms with Crippen molar-refractivity contribution in [2.45, 2.75) is 45.4 Å². The second-order valence-corrected chi connectivity index (χ2v) is 9.05. The van der Waals surface area contributed by atoms with Crippen molar-refractivity contribution in [1.82, 2.24) is 4.83 Å². The van der Waals surface area contributed by atoms with Gasteiger partial charge in [-0.2, -0.15) is 13.5 Å². The first-order valence-corrected chi connectivity index (χ1v) is 9.35. The first kappa shape index (κ1) is 15.5. The fourth-order valence-electron chi connectivity index (χ4n) is 3.72. The van der Waals surface area contributed by atoms with E-state index in [4.69, 9.17) is 0 Å². The Hall–Kier alpha value is -1.36. The van der Waals surface area contributed by atoms with Crippen LogP contribution >= 0.6 is 0 Å². The van der Waals surface area contributed by atoms with Crippen molar-refractivity contribution in [3.05, 3.63) is 29.8 Å². The number of hydrogen-bond acceptors (Lipinski definition) is 3. The van der Waals surface area contributed by atoms with Gasteiger partial charge in [0.25, 0.3) is 10.0 Å². The average Bonchev–Trinajstić information content (AvgIpc) is 2.97. The van der Waals surface area contributed by atoms with E-state index in [-0.39, 0.29) is 4.90 Å². The van der Waals surface area contributed by atoms with Gasteiger partial charge in [-0.1, -0.05) is 38.5 Å². The summed E-state index contributed by atoms with van der Waals surface area (Å²) in [5, 5.41) is 4.26.